The molecule has 1 N–H and O–H groups in total. The van der Waals surface area contributed by atoms with Crippen LogP contribution >= 0.6 is 0 Å². The molecule has 0 aliphatic carbocycles. The lowest BCUT2D eigenvalue weighted by molar-refractivity contribution is 0.0688. The van der Waals surface area contributed by atoms with Crippen molar-refractivity contribution in [1.29, 1.82) is 0 Å². The lowest BCUT2D eigenvalue weighted by atomic mass is 10.1. The van der Waals surface area contributed by atoms with Gasteiger partial charge in [-0.15, -0.1) is 0 Å². The van der Waals surface area contributed by atoms with E-state index in [1.54, 1.807) is 0 Å². The van der Waals surface area contributed by atoms with Crippen LogP contribution in [0.25, 0.3) is 0 Å². The number of aryl methyl sites for hydroxylation is 1. The van der Waals surface area contributed by atoms with Crippen LogP contribution < -0.4 is 4.74 Å². The van der Waals surface area contributed by atoms with Crippen molar-refractivity contribution < 1.29 is 23.4 Å². The molecule has 1 aromatic rings. The van der Waals surface area contributed by atoms with E-state index in [4.69, 9.17) is 5.11 Å². The number of nitrogens with zero attached hydrogens (tertiary/aromatic N) is 1. The monoisotopic (exact) mass is 217 g/mol. The van der Waals surface area contributed by atoms with Crippen LogP contribution in [-0.4, -0.2) is 23.2 Å². The van der Waals surface area contributed by atoms with Crippen LogP contribution in [0.15, 0.2) is 6.07 Å². The predicted molar refractivity (Wildman–Crippen MR) is 47.4 cm³/mol. The molecule has 0 atom stereocenters. The van der Waals surface area contributed by atoms with Crippen molar-refractivity contribution in [1.82, 2.24) is 4.98 Å². The SMILES string of the molecule is COc1nc(C(=O)O)cc(C)c1C(F)F. The molecular formula is C9H9F2NO3. The molecule has 6 heteroatoms. The zero-order valence-corrected chi connectivity index (χ0v) is 8.12. The summed E-state index contributed by atoms with van der Waals surface area (Å²) >= 11 is 0. The summed E-state index contributed by atoms with van der Waals surface area (Å²) in [5.41, 5.74) is -0.537. The summed E-state index contributed by atoms with van der Waals surface area (Å²) in [4.78, 5) is 14.1. The quantitative estimate of drug-likeness (QED) is 0.841. The lowest BCUT2D eigenvalue weighted by Crippen LogP contribution is -2.06. The topological polar surface area (TPSA) is 59.4 Å². The number of pyridine rings is 1. The predicted octanol–water partition coefficient (Wildman–Crippen LogP) is 2.03. The summed E-state index contributed by atoms with van der Waals surface area (Å²) in [6, 6.07) is 1.09. The van der Waals surface area contributed by atoms with E-state index >= 15 is 0 Å². The molecule has 0 saturated heterocycles. The maximum atomic E-state index is 12.5. The average Bonchev–Trinajstić information content (AvgIpc) is 2.15. The van der Waals surface area contributed by atoms with Gasteiger partial charge in [0.05, 0.1) is 12.7 Å². The van der Waals surface area contributed by atoms with Gasteiger partial charge in [-0.05, 0) is 18.6 Å². The van der Waals surface area contributed by atoms with E-state index in [-0.39, 0.29) is 22.7 Å². The molecule has 82 valence electrons. The molecule has 1 heterocycles. The molecule has 0 spiro atoms. The average molecular weight is 217 g/mol. The number of halogens is 2. The van der Waals surface area contributed by atoms with Crippen molar-refractivity contribution in [3.05, 3.63) is 22.9 Å². The fourth-order valence-corrected chi connectivity index (χ4v) is 1.18. The van der Waals surface area contributed by atoms with E-state index in [1.807, 2.05) is 0 Å². The minimum absolute atomic E-state index is 0.147. The number of alkyl halides is 2. The van der Waals surface area contributed by atoms with E-state index in [0.29, 0.717) is 0 Å². The summed E-state index contributed by atoms with van der Waals surface area (Å²) in [6.45, 7) is 1.39. The largest absolute Gasteiger partial charge is 0.481 e. The zero-order valence-electron chi connectivity index (χ0n) is 8.12. The molecule has 0 saturated carbocycles. The molecule has 0 unspecified atom stereocenters. The third-order valence-corrected chi connectivity index (χ3v) is 1.86. The fraction of sp³-hybridized carbons (Fsp3) is 0.333. The van der Waals surface area contributed by atoms with Gasteiger partial charge in [0.1, 0.15) is 0 Å². The summed E-state index contributed by atoms with van der Waals surface area (Å²) in [6.07, 6.45) is -2.74. The van der Waals surface area contributed by atoms with Gasteiger partial charge in [0.2, 0.25) is 5.88 Å². The number of hydrogen-bond acceptors (Lipinski definition) is 3. The summed E-state index contributed by atoms with van der Waals surface area (Å²) in [5.74, 6) is -1.63. The van der Waals surface area contributed by atoms with Crippen molar-refractivity contribution >= 4 is 5.97 Å². The standard InChI is InChI=1S/C9H9F2NO3/c1-4-3-5(9(13)14)12-8(15-2)6(4)7(10)11/h3,7H,1-2H3,(H,13,14). The highest BCUT2D eigenvalue weighted by atomic mass is 19.3. The molecule has 0 bridgehead atoms. The number of rotatable bonds is 3. The second-order valence-corrected chi connectivity index (χ2v) is 2.85. The van der Waals surface area contributed by atoms with E-state index in [0.717, 1.165) is 6.07 Å². The number of methoxy groups -OCH3 is 1. The Morgan fingerprint density at radius 1 is 1.60 bits per heavy atom. The van der Waals surface area contributed by atoms with Crippen molar-refractivity contribution in [3.63, 3.8) is 0 Å². The van der Waals surface area contributed by atoms with Gasteiger partial charge in [0.25, 0.3) is 6.43 Å². The third kappa shape index (κ3) is 2.20. The molecule has 0 fully saturated rings. The van der Waals surface area contributed by atoms with Gasteiger partial charge >= 0.3 is 5.97 Å². The minimum atomic E-state index is -2.74. The van der Waals surface area contributed by atoms with Crippen LogP contribution in [0.1, 0.15) is 28.0 Å². The zero-order chi connectivity index (χ0) is 11.6. The maximum absolute atomic E-state index is 12.5. The van der Waals surface area contributed by atoms with Crippen molar-refractivity contribution in [2.24, 2.45) is 0 Å². The van der Waals surface area contributed by atoms with Gasteiger partial charge in [-0.2, -0.15) is 0 Å². The maximum Gasteiger partial charge on any atom is 0.354 e. The van der Waals surface area contributed by atoms with Gasteiger partial charge in [0.15, 0.2) is 5.69 Å². The van der Waals surface area contributed by atoms with Gasteiger partial charge in [-0.25, -0.2) is 18.6 Å². The number of carboxylic acid groups (broad SMARTS) is 1. The number of aromatic carboxylic acids is 1. The lowest BCUT2D eigenvalue weighted by Gasteiger charge is -2.10. The second kappa shape index (κ2) is 4.20. The van der Waals surface area contributed by atoms with E-state index < -0.39 is 12.4 Å². The molecule has 4 nitrogen and oxygen atoms in total. The first-order valence-electron chi connectivity index (χ1n) is 4.04. The van der Waals surface area contributed by atoms with Crippen molar-refractivity contribution in [2.75, 3.05) is 7.11 Å². The molecule has 0 aliphatic heterocycles. The Bertz CT molecular complexity index is 393. The highest BCUT2D eigenvalue weighted by molar-refractivity contribution is 5.85. The number of aromatic nitrogens is 1. The molecule has 15 heavy (non-hydrogen) atoms. The van der Waals surface area contributed by atoms with Crippen LogP contribution in [0.4, 0.5) is 8.78 Å². The van der Waals surface area contributed by atoms with Crippen LogP contribution in [0, 0.1) is 6.92 Å². The Hall–Kier alpha value is -1.72. The van der Waals surface area contributed by atoms with Crippen LogP contribution in [0.5, 0.6) is 5.88 Å². The van der Waals surface area contributed by atoms with Gasteiger partial charge in [0, 0.05) is 0 Å². The molecule has 1 aromatic heterocycles. The van der Waals surface area contributed by atoms with Crippen LogP contribution in [0.3, 0.4) is 0 Å². The van der Waals surface area contributed by atoms with E-state index in [1.165, 1.54) is 14.0 Å². The van der Waals surface area contributed by atoms with E-state index in [2.05, 4.69) is 9.72 Å². The normalized spacial score (nSPS) is 10.5. The third-order valence-electron chi connectivity index (χ3n) is 1.86. The molecule has 0 amide bonds. The summed E-state index contributed by atoms with van der Waals surface area (Å²) in [5, 5.41) is 8.65. The number of carboxylic acids is 1. The Kier molecular flexibility index (Phi) is 3.18. The first kappa shape index (κ1) is 11.4. The van der Waals surface area contributed by atoms with Crippen molar-refractivity contribution in [3.8, 4) is 5.88 Å². The van der Waals surface area contributed by atoms with E-state index in [9.17, 15) is 13.6 Å². The Balaban J connectivity index is 3.37. The van der Waals surface area contributed by atoms with Crippen LogP contribution in [0.2, 0.25) is 0 Å². The molecular weight excluding hydrogens is 208 g/mol. The summed E-state index contributed by atoms with van der Waals surface area (Å²) < 4.78 is 29.7. The molecule has 0 aromatic carbocycles. The van der Waals surface area contributed by atoms with Crippen LogP contribution in [-0.2, 0) is 0 Å². The van der Waals surface area contributed by atoms with Crippen molar-refractivity contribution in [2.45, 2.75) is 13.3 Å². The second-order valence-electron chi connectivity index (χ2n) is 2.85. The summed E-state index contributed by atoms with van der Waals surface area (Å²) in [7, 11) is 1.17. The Labute approximate surface area is 84.5 Å². The number of hydrogen-bond donors (Lipinski definition) is 1. The molecule has 0 radical (unpaired) electrons. The Morgan fingerprint density at radius 3 is 2.60 bits per heavy atom. The molecule has 1 rings (SSSR count). The Morgan fingerprint density at radius 2 is 2.20 bits per heavy atom. The van der Waals surface area contributed by atoms with Gasteiger partial charge in [-0.1, -0.05) is 0 Å². The number of carbonyl (C=O) groups is 1. The molecule has 0 aliphatic rings. The number of ether oxygens (including phenoxy) is 1. The fourth-order valence-electron chi connectivity index (χ4n) is 1.18. The highest BCUT2D eigenvalue weighted by Gasteiger charge is 2.21. The smallest absolute Gasteiger partial charge is 0.354 e. The minimum Gasteiger partial charge on any atom is -0.481 e. The highest BCUT2D eigenvalue weighted by Crippen LogP contribution is 2.30. The first-order chi connectivity index (χ1) is 6.97. The van der Waals surface area contributed by atoms with Gasteiger partial charge < -0.3 is 9.84 Å². The first-order valence-corrected chi connectivity index (χ1v) is 4.04. The van der Waals surface area contributed by atoms with Gasteiger partial charge in [-0.3, -0.25) is 0 Å².